The number of hydrogen-bond acceptors (Lipinski definition) is 3. The molecule has 0 aliphatic heterocycles. The van der Waals surface area contributed by atoms with Gasteiger partial charge in [-0.2, -0.15) is 0 Å². The lowest BCUT2D eigenvalue weighted by molar-refractivity contribution is 0.0825. The van der Waals surface area contributed by atoms with Crippen molar-refractivity contribution >= 4 is 21.7 Å². The Balaban J connectivity index is 1.89. The summed E-state index contributed by atoms with van der Waals surface area (Å²) in [6, 6.07) is 1.79. The molecule has 3 nitrogen and oxygen atoms in total. The number of ketones is 1. The van der Waals surface area contributed by atoms with Gasteiger partial charge in [0, 0.05) is 12.0 Å². The smallest absolute Gasteiger partial charge is 0.204 e. The third-order valence-corrected chi connectivity index (χ3v) is 4.75. The van der Waals surface area contributed by atoms with E-state index in [1.165, 1.54) is 12.7 Å². The molecule has 4 atom stereocenters. The molecule has 1 aromatic rings. The highest BCUT2D eigenvalue weighted by atomic mass is 79.9. The van der Waals surface area contributed by atoms with E-state index in [1.54, 1.807) is 6.07 Å². The third-order valence-electron chi connectivity index (χ3n) is 4.12. The molecule has 2 fully saturated rings. The summed E-state index contributed by atoms with van der Waals surface area (Å²) in [5.74, 6) is 1.52. The predicted molar refractivity (Wildman–Crippen MR) is 63.0 cm³/mol. The fourth-order valence-electron chi connectivity index (χ4n) is 3.35. The molecule has 2 aliphatic carbocycles. The zero-order valence-corrected chi connectivity index (χ0v) is 10.4. The van der Waals surface area contributed by atoms with Gasteiger partial charge in [0.1, 0.15) is 0 Å². The molecule has 4 heteroatoms. The second-order valence-electron chi connectivity index (χ2n) is 4.90. The monoisotopic (exact) mass is 283 g/mol. The van der Waals surface area contributed by atoms with Crippen molar-refractivity contribution < 1.29 is 9.21 Å². The van der Waals surface area contributed by atoms with Crippen LogP contribution in [0.1, 0.15) is 29.8 Å². The largest absolute Gasteiger partial charge is 0.460 e. The van der Waals surface area contributed by atoms with Gasteiger partial charge in [-0.05, 0) is 53.1 Å². The molecular weight excluding hydrogens is 270 g/mol. The number of halogens is 1. The van der Waals surface area contributed by atoms with E-state index in [1.807, 2.05) is 0 Å². The lowest BCUT2D eigenvalue weighted by Crippen LogP contribution is -2.40. The molecule has 0 radical (unpaired) electrons. The van der Waals surface area contributed by atoms with Crippen LogP contribution in [0.3, 0.4) is 0 Å². The highest BCUT2D eigenvalue weighted by Crippen LogP contribution is 2.49. The Morgan fingerprint density at radius 2 is 2.19 bits per heavy atom. The van der Waals surface area contributed by atoms with Gasteiger partial charge < -0.3 is 10.2 Å². The molecule has 4 unspecified atom stereocenters. The molecule has 0 spiro atoms. The van der Waals surface area contributed by atoms with E-state index < -0.39 is 0 Å². The van der Waals surface area contributed by atoms with Crippen molar-refractivity contribution in [2.45, 2.75) is 25.3 Å². The fraction of sp³-hybridized carbons (Fsp3) is 0.583. The van der Waals surface area contributed by atoms with Crippen molar-refractivity contribution in [1.29, 1.82) is 0 Å². The second kappa shape index (κ2) is 3.70. The lowest BCUT2D eigenvalue weighted by Gasteiger charge is -2.26. The van der Waals surface area contributed by atoms with Gasteiger partial charge in [0.2, 0.25) is 5.78 Å². The first-order chi connectivity index (χ1) is 7.68. The second-order valence-corrected chi connectivity index (χ2v) is 5.75. The lowest BCUT2D eigenvalue weighted by atomic mass is 9.81. The van der Waals surface area contributed by atoms with Gasteiger partial charge in [-0.3, -0.25) is 4.79 Å². The normalized spacial score (nSPS) is 36.9. The highest BCUT2D eigenvalue weighted by molar-refractivity contribution is 9.10. The van der Waals surface area contributed by atoms with Crippen LogP contribution >= 0.6 is 15.9 Å². The van der Waals surface area contributed by atoms with Crippen LogP contribution in [0.4, 0.5) is 0 Å². The summed E-state index contributed by atoms with van der Waals surface area (Å²) < 4.78 is 5.99. The molecule has 0 aromatic carbocycles. The quantitative estimate of drug-likeness (QED) is 0.849. The van der Waals surface area contributed by atoms with Crippen molar-refractivity contribution in [2.75, 3.05) is 0 Å². The highest BCUT2D eigenvalue weighted by Gasteiger charge is 2.49. The standard InChI is InChI=1S/C12H14BrNO2/c13-8-3-4-16-12(8)11(15)9-6-1-2-7(5-6)10(9)14/h3-4,6-7,9-10H,1-2,5,14H2. The van der Waals surface area contributed by atoms with Crippen molar-refractivity contribution in [3.8, 4) is 0 Å². The van der Waals surface area contributed by atoms with Crippen LogP contribution in [0.25, 0.3) is 0 Å². The minimum absolute atomic E-state index is 0.0267. The van der Waals surface area contributed by atoms with Gasteiger partial charge in [0.25, 0.3) is 0 Å². The van der Waals surface area contributed by atoms with Crippen LogP contribution in [0.2, 0.25) is 0 Å². The number of Topliss-reactive ketones (excluding diaryl/α,β-unsaturated/α-hetero) is 1. The topological polar surface area (TPSA) is 56.2 Å². The third kappa shape index (κ3) is 1.39. The van der Waals surface area contributed by atoms with Crippen molar-refractivity contribution in [3.63, 3.8) is 0 Å². The number of carbonyl (C=O) groups is 1. The van der Waals surface area contributed by atoms with E-state index in [9.17, 15) is 4.79 Å². The predicted octanol–water partition coefficient (Wildman–Crippen LogP) is 2.60. The van der Waals surface area contributed by atoms with Crippen LogP contribution in [-0.4, -0.2) is 11.8 Å². The van der Waals surface area contributed by atoms with Crippen LogP contribution in [0.5, 0.6) is 0 Å². The average molecular weight is 284 g/mol. The zero-order valence-electron chi connectivity index (χ0n) is 8.86. The minimum Gasteiger partial charge on any atom is -0.460 e. The molecule has 2 aliphatic rings. The first-order valence-corrected chi connectivity index (χ1v) is 6.50. The van der Waals surface area contributed by atoms with Gasteiger partial charge in [-0.25, -0.2) is 0 Å². The molecule has 2 saturated carbocycles. The van der Waals surface area contributed by atoms with E-state index in [0.29, 0.717) is 17.6 Å². The molecule has 1 aromatic heterocycles. The summed E-state index contributed by atoms with van der Waals surface area (Å²) in [7, 11) is 0. The summed E-state index contributed by atoms with van der Waals surface area (Å²) in [6.45, 7) is 0. The van der Waals surface area contributed by atoms with E-state index in [4.69, 9.17) is 10.2 Å². The average Bonchev–Trinajstić information content (AvgIpc) is 2.92. The molecular formula is C12H14BrNO2. The first kappa shape index (κ1) is 10.5. The van der Waals surface area contributed by atoms with Crippen molar-refractivity contribution in [2.24, 2.45) is 23.5 Å². The fourth-order valence-corrected chi connectivity index (χ4v) is 3.74. The molecule has 86 valence electrons. The van der Waals surface area contributed by atoms with Crippen molar-refractivity contribution in [1.82, 2.24) is 0 Å². The van der Waals surface area contributed by atoms with Crippen LogP contribution < -0.4 is 5.73 Å². The van der Waals surface area contributed by atoms with E-state index in [2.05, 4.69) is 15.9 Å². The number of rotatable bonds is 2. The van der Waals surface area contributed by atoms with Crippen LogP contribution in [0.15, 0.2) is 21.2 Å². The molecule has 3 rings (SSSR count). The summed E-state index contributed by atoms with van der Waals surface area (Å²) >= 11 is 3.33. The number of fused-ring (bicyclic) bond motifs is 2. The van der Waals surface area contributed by atoms with Crippen LogP contribution in [-0.2, 0) is 0 Å². The Morgan fingerprint density at radius 3 is 2.75 bits per heavy atom. The maximum Gasteiger partial charge on any atom is 0.204 e. The molecule has 0 amide bonds. The van der Waals surface area contributed by atoms with Crippen LogP contribution in [0, 0.1) is 17.8 Å². The maximum absolute atomic E-state index is 12.3. The minimum atomic E-state index is -0.0267. The number of nitrogens with two attached hydrogens (primary N) is 1. The van der Waals surface area contributed by atoms with Gasteiger partial charge >= 0.3 is 0 Å². The molecule has 0 saturated heterocycles. The summed E-state index contributed by atoms with van der Waals surface area (Å²) in [4.78, 5) is 12.3. The Kier molecular flexibility index (Phi) is 2.44. The van der Waals surface area contributed by atoms with Gasteiger partial charge in [0.15, 0.2) is 5.76 Å². The van der Waals surface area contributed by atoms with E-state index in [-0.39, 0.29) is 17.7 Å². The molecule has 2 N–H and O–H groups in total. The number of furan rings is 1. The molecule has 2 bridgehead atoms. The van der Waals surface area contributed by atoms with E-state index in [0.717, 1.165) is 17.3 Å². The first-order valence-electron chi connectivity index (χ1n) is 5.71. The zero-order chi connectivity index (χ0) is 11.3. The summed E-state index contributed by atoms with van der Waals surface area (Å²) in [6.07, 6.45) is 4.99. The Morgan fingerprint density at radius 1 is 1.44 bits per heavy atom. The molecule has 16 heavy (non-hydrogen) atoms. The Hall–Kier alpha value is -0.610. The van der Waals surface area contributed by atoms with Gasteiger partial charge in [-0.1, -0.05) is 0 Å². The summed E-state index contributed by atoms with van der Waals surface area (Å²) in [5.41, 5.74) is 6.14. The summed E-state index contributed by atoms with van der Waals surface area (Å²) in [5, 5.41) is 0. The Bertz CT molecular complexity index is 426. The SMILES string of the molecule is NC1C2CCC(C2)C1C(=O)c1occc1Br. The van der Waals surface area contributed by atoms with Crippen molar-refractivity contribution in [3.05, 3.63) is 22.6 Å². The van der Waals surface area contributed by atoms with Gasteiger partial charge in [-0.15, -0.1) is 0 Å². The van der Waals surface area contributed by atoms with Gasteiger partial charge in [0.05, 0.1) is 10.7 Å². The number of carbonyl (C=O) groups excluding carboxylic acids is 1. The van der Waals surface area contributed by atoms with E-state index >= 15 is 0 Å². The molecule has 1 heterocycles. The Labute approximate surface area is 103 Å². The number of hydrogen-bond donors (Lipinski definition) is 1. The maximum atomic E-state index is 12.3.